The van der Waals surface area contributed by atoms with Crippen LogP contribution >= 0.6 is 0 Å². The fourth-order valence-corrected chi connectivity index (χ4v) is 0.529. The van der Waals surface area contributed by atoms with Crippen LogP contribution in [0.4, 0.5) is 17.6 Å². The Labute approximate surface area is 62.6 Å². The maximum Gasteiger partial charge on any atom is 0.307 e. The quantitative estimate of drug-likeness (QED) is 0.646. The highest BCUT2D eigenvalue weighted by Crippen LogP contribution is 2.28. The topological polar surface area (TPSA) is 26.0 Å². The van der Waals surface area contributed by atoms with Gasteiger partial charge in [0.1, 0.15) is 0 Å². The molecule has 0 fully saturated rings. The molecule has 0 aromatic heterocycles. The fourth-order valence-electron chi connectivity index (χ4n) is 0.529. The van der Waals surface area contributed by atoms with Crippen LogP contribution in [0.1, 0.15) is 19.8 Å². The van der Waals surface area contributed by atoms with Crippen LogP contribution in [0.25, 0.3) is 0 Å². The van der Waals surface area contributed by atoms with Crippen molar-refractivity contribution < 1.29 is 17.6 Å². The zero-order chi connectivity index (χ0) is 9.07. The van der Waals surface area contributed by atoms with Crippen LogP contribution < -0.4 is 5.73 Å². The molecule has 0 aromatic rings. The van der Waals surface area contributed by atoms with E-state index < -0.39 is 24.8 Å². The molecule has 0 aromatic carbocycles. The minimum absolute atomic E-state index is 0.0860. The Morgan fingerprint density at radius 3 is 2.09 bits per heavy atom. The molecule has 0 aliphatic carbocycles. The van der Waals surface area contributed by atoms with E-state index in [4.69, 9.17) is 5.73 Å². The molecule has 0 bridgehead atoms. The molecule has 0 aliphatic heterocycles. The lowest BCUT2D eigenvalue weighted by Crippen LogP contribution is -2.29. The van der Waals surface area contributed by atoms with E-state index in [1.807, 2.05) is 0 Å². The van der Waals surface area contributed by atoms with Gasteiger partial charge in [0.15, 0.2) is 0 Å². The van der Waals surface area contributed by atoms with Gasteiger partial charge in [-0.2, -0.15) is 0 Å². The summed E-state index contributed by atoms with van der Waals surface area (Å²) in [6, 6.07) is -0.459. The third-order valence-electron chi connectivity index (χ3n) is 1.25. The third kappa shape index (κ3) is 4.19. The van der Waals surface area contributed by atoms with E-state index in [9.17, 15) is 17.6 Å². The first kappa shape index (κ1) is 10.7. The van der Waals surface area contributed by atoms with Gasteiger partial charge in [0, 0.05) is 12.5 Å². The first-order chi connectivity index (χ1) is 4.86. The van der Waals surface area contributed by atoms with Crippen molar-refractivity contribution in [2.45, 2.75) is 38.2 Å². The zero-order valence-corrected chi connectivity index (χ0v) is 6.16. The van der Waals surface area contributed by atoms with Crippen LogP contribution in [0, 0.1) is 0 Å². The van der Waals surface area contributed by atoms with Gasteiger partial charge in [-0.1, -0.05) is 0 Å². The maximum atomic E-state index is 12.1. The molecule has 0 unspecified atom stereocenters. The van der Waals surface area contributed by atoms with E-state index in [-0.39, 0.29) is 6.42 Å². The third-order valence-corrected chi connectivity index (χ3v) is 1.25. The molecular weight excluding hydrogens is 162 g/mol. The molecule has 0 heterocycles. The van der Waals surface area contributed by atoms with E-state index in [0.29, 0.717) is 0 Å². The molecule has 0 saturated heterocycles. The van der Waals surface area contributed by atoms with Gasteiger partial charge in [0.05, 0.1) is 0 Å². The highest BCUT2D eigenvalue weighted by atomic mass is 19.3. The molecule has 0 spiro atoms. The first-order valence-corrected chi connectivity index (χ1v) is 3.28. The van der Waals surface area contributed by atoms with Gasteiger partial charge >= 0.3 is 12.3 Å². The lowest BCUT2D eigenvalue weighted by Gasteiger charge is -2.15. The molecule has 2 N–H and O–H groups in total. The normalized spacial score (nSPS) is 15.5. The smallest absolute Gasteiger partial charge is 0.307 e. The summed E-state index contributed by atoms with van der Waals surface area (Å²) in [5.74, 6) is -3.88. The summed E-state index contributed by atoms with van der Waals surface area (Å²) in [6.45, 7) is 1.50. The van der Waals surface area contributed by atoms with E-state index in [1.165, 1.54) is 6.92 Å². The number of nitrogens with two attached hydrogens (primary N) is 1. The van der Waals surface area contributed by atoms with E-state index >= 15 is 0 Å². The van der Waals surface area contributed by atoms with E-state index in [0.717, 1.165) is 0 Å². The Hall–Kier alpha value is -0.320. The summed E-state index contributed by atoms with van der Waals surface area (Å²) < 4.78 is 47.1. The average Bonchev–Trinajstić information content (AvgIpc) is 1.84. The molecule has 0 amide bonds. The van der Waals surface area contributed by atoms with Crippen molar-refractivity contribution >= 4 is 0 Å². The summed E-state index contributed by atoms with van der Waals surface area (Å²) >= 11 is 0. The SMILES string of the molecule is C[C@H](N)CCC(F)(F)C(F)F. The molecule has 0 saturated carbocycles. The van der Waals surface area contributed by atoms with Gasteiger partial charge in [-0.3, -0.25) is 0 Å². The molecule has 68 valence electrons. The minimum Gasteiger partial charge on any atom is -0.328 e. The van der Waals surface area contributed by atoms with Gasteiger partial charge in [-0.25, -0.2) is 17.6 Å². The van der Waals surface area contributed by atoms with E-state index in [1.54, 1.807) is 0 Å². The van der Waals surface area contributed by atoms with Gasteiger partial charge in [-0.15, -0.1) is 0 Å². The highest BCUT2D eigenvalue weighted by Gasteiger charge is 2.39. The molecule has 0 aliphatic rings. The maximum absolute atomic E-state index is 12.1. The Morgan fingerprint density at radius 2 is 1.82 bits per heavy atom. The van der Waals surface area contributed by atoms with Gasteiger partial charge in [0.25, 0.3) is 0 Å². The average molecular weight is 173 g/mol. The lowest BCUT2D eigenvalue weighted by molar-refractivity contribution is -0.134. The number of alkyl halides is 4. The number of rotatable bonds is 4. The second-order valence-electron chi connectivity index (χ2n) is 2.58. The van der Waals surface area contributed by atoms with Crippen LogP contribution in [0.3, 0.4) is 0 Å². The Bertz CT molecular complexity index is 113. The van der Waals surface area contributed by atoms with Crippen LogP contribution in [-0.4, -0.2) is 18.4 Å². The number of halogens is 4. The van der Waals surface area contributed by atoms with Crippen molar-refractivity contribution in [2.75, 3.05) is 0 Å². The lowest BCUT2D eigenvalue weighted by atomic mass is 10.1. The molecule has 11 heavy (non-hydrogen) atoms. The number of hydrogen-bond donors (Lipinski definition) is 1. The largest absolute Gasteiger partial charge is 0.328 e. The van der Waals surface area contributed by atoms with Gasteiger partial charge in [-0.05, 0) is 13.3 Å². The van der Waals surface area contributed by atoms with E-state index in [2.05, 4.69) is 0 Å². The second-order valence-corrected chi connectivity index (χ2v) is 2.58. The molecule has 5 heteroatoms. The van der Waals surface area contributed by atoms with Crippen molar-refractivity contribution in [1.29, 1.82) is 0 Å². The predicted octanol–water partition coefficient (Wildman–Crippen LogP) is 2.01. The summed E-state index contributed by atoms with van der Waals surface area (Å²) in [5.41, 5.74) is 5.12. The van der Waals surface area contributed by atoms with Crippen molar-refractivity contribution in [3.63, 3.8) is 0 Å². The minimum atomic E-state index is -3.88. The highest BCUT2D eigenvalue weighted by molar-refractivity contribution is 4.70. The van der Waals surface area contributed by atoms with Crippen LogP contribution in [0.15, 0.2) is 0 Å². The summed E-state index contributed by atoms with van der Waals surface area (Å²) in [6.07, 6.45) is -4.51. The van der Waals surface area contributed by atoms with Crippen LogP contribution in [-0.2, 0) is 0 Å². The van der Waals surface area contributed by atoms with Crippen molar-refractivity contribution in [2.24, 2.45) is 5.73 Å². The molecule has 0 radical (unpaired) electrons. The predicted molar refractivity (Wildman–Crippen MR) is 33.8 cm³/mol. The molecule has 1 atom stereocenters. The Morgan fingerprint density at radius 1 is 1.36 bits per heavy atom. The Balaban J connectivity index is 3.73. The van der Waals surface area contributed by atoms with Crippen LogP contribution in [0.5, 0.6) is 0 Å². The summed E-state index contributed by atoms with van der Waals surface area (Å²) in [4.78, 5) is 0. The van der Waals surface area contributed by atoms with Gasteiger partial charge in [0.2, 0.25) is 0 Å². The van der Waals surface area contributed by atoms with Crippen molar-refractivity contribution in [1.82, 2.24) is 0 Å². The monoisotopic (exact) mass is 173 g/mol. The number of hydrogen-bond acceptors (Lipinski definition) is 1. The van der Waals surface area contributed by atoms with Gasteiger partial charge < -0.3 is 5.73 Å². The molecule has 0 rings (SSSR count). The summed E-state index contributed by atoms with van der Waals surface area (Å²) in [7, 11) is 0. The standard InChI is InChI=1S/C6H11F4N/c1-4(11)2-3-6(9,10)5(7)8/h4-5H,2-3,11H2,1H3/t4-/m0/s1. The molecule has 1 nitrogen and oxygen atoms in total. The second kappa shape index (κ2) is 3.90. The van der Waals surface area contributed by atoms with Crippen LogP contribution in [0.2, 0.25) is 0 Å². The Kier molecular flexibility index (Phi) is 3.78. The van der Waals surface area contributed by atoms with Crippen molar-refractivity contribution in [3.8, 4) is 0 Å². The summed E-state index contributed by atoms with van der Waals surface area (Å²) in [5, 5.41) is 0. The fraction of sp³-hybridized carbons (Fsp3) is 1.00. The first-order valence-electron chi connectivity index (χ1n) is 3.28. The zero-order valence-electron chi connectivity index (χ0n) is 6.16. The van der Waals surface area contributed by atoms with Crippen molar-refractivity contribution in [3.05, 3.63) is 0 Å². The molecular formula is C6H11F4N.